The lowest BCUT2D eigenvalue weighted by Crippen LogP contribution is -2.29. The van der Waals surface area contributed by atoms with E-state index in [0.29, 0.717) is 5.56 Å². The van der Waals surface area contributed by atoms with E-state index in [4.69, 9.17) is 10.5 Å². The van der Waals surface area contributed by atoms with Gasteiger partial charge in [0.05, 0.1) is 17.6 Å². The first-order valence-corrected chi connectivity index (χ1v) is 7.45. The van der Waals surface area contributed by atoms with Crippen LogP contribution in [0.1, 0.15) is 18.6 Å². The molecule has 1 atom stereocenters. The van der Waals surface area contributed by atoms with E-state index in [1.54, 1.807) is 19.1 Å². The number of sulfonamides is 1. The zero-order valence-corrected chi connectivity index (χ0v) is 11.9. The van der Waals surface area contributed by atoms with E-state index in [2.05, 4.69) is 4.72 Å². The number of ether oxygens (including phenoxy) is 1. The lowest BCUT2D eigenvalue weighted by Gasteiger charge is -2.09. The summed E-state index contributed by atoms with van der Waals surface area (Å²) in [4.78, 5) is 10.5. The third-order valence-electron chi connectivity index (χ3n) is 2.46. The molecule has 0 saturated carbocycles. The van der Waals surface area contributed by atoms with Crippen LogP contribution in [0.4, 0.5) is 0 Å². The highest BCUT2D eigenvalue weighted by molar-refractivity contribution is 7.89. The number of carbonyl (C=O) groups excluding carboxylic acids is 1. The van der Waals surface area contributed by atoms with Crippen LogP contribution in [0.5, 0.6) is 0 Å². The minimum Gasteiger partial charge on any atom is -0.389 e. The van der Waals surface area contributed by atoms with E-state index in [1.165, 1.54) is 12.1 Å². The van der Waals surface area contributed by atoms with Gasteiger partial charge in [0.2, 0.25) is 15.9 Å². The van der Waals surface area contributed by atoms with Crippen molar-refractivity contribution in [3.8, 4) is 0 Å². The summed E-state index contributed by atoms with van der Waals surface area (Å²) >= 11 is 0. The molecule has 4 N–H and O–H groups in total. The van der Waals surface area contributed by atoms with Crippen molar-refractivity contribution in [1.82, 2.24) is 4.72 Å². The maximum Gasteiger partial charge on any atom is 0.243 e. The molecule has 1 aromatic rings. The Morgan fingerprint density at radius 1 is 1.40 bits per heavy atom. The van der Waals surface area contributed by atoms with Gasteiger partial charge in [0, 0.05) is 6.54 Å². The molecule has 0 spiro atoms. The van der Waals surface area contributed by atoms with Gasteiger partial charge in [0.15, 0.2) is 0 Å². The average Bonchev–Trinajstić information content (AvgIpc) is 2.38. The van der Waals surface area contributed by atoms with E-state index in [-0.39, 0.29) is 24.7 Å². The maximum atomic E-state index is 11.9. The molecule has 0 aliphatic rings. The Morgan fingerprint density at radius 3 is 2.50 bits per heavy atom. The number of amides is 1. The number of hydrogen-bond donors (Lipinski definition) is 3. The van der Waals surface area contributed by atoms with Gasteiger partial charge in [-0.3, -0.25) is 4.79 Å². The number of benzene rings is 1. The predicted molar refractivity (Wildman–Crippen MR) is 72.3 cm³/mol. The highest BCUT2D eigenvalue weighted by Crippen LogP contribution is 2.15. The second-order valence-electron chi connectivity index (χ2n) is 4.16. The Kier molecular flexibility index (Phi) is 6.08. The fraction of sp³-hybridized carbons (Fsp3) is 0.417. The lowest BCUT2D eigenvalue weighted by molar-refractivity contribution is -0.122. The van der Waals surface area contributed by atoms with Crippen LogP contribution < -0.4 is 10.5 Å². The second-order valence-corrected chi connectivity index (χ2v) is 5.93. The molecule has 0 aromatic heterocycles. The Labute approximate surface area is 117 Å². The smallest absolute Gasteiger partial charge is 0.243 e. The van der Waals surface area contributed by atoms with Crippen molar-refractivity contribution in [3.05, 3.63) is 29.8 Å². The summed E-state index contributed by atoms with van der Waals surface area (Å²) in [6, 6.07) is 5.91. The molecule has 0 radical (unpaired) electrons. The molecule has 0 saturated heterocycles. The molecule has 1 aromatic carbocycles. The minimum absolute atomic E-state index is 0.0355. The summed E-state index contributed by atoms with van der Waals surface area (Å²) in [5.74, 6) is -0.610. The lowest BCUT2D eigenvalue weighted by atomic mass is 10.1. The zero-order valence-electron chi connectivity index (χ0n) is 11.1. The van der Waals surface area contributed by atoms with Crippen LogP contribution in [0.15, 0.2) is 29.2 Å². The summed E-state index contributed by atoms with van der Waals surface area (Å²) < 4.78 is 31.0. The van der Waals surface area contributed by atoms with Gasteiger partial charge in [-0.1, -0.05) is 12.1 Å². The second kappa shape index (κ2) is 7.34. The SMILES string of the molecule is CC(O)c1ccc(S(=O)(=O)NCCOCC(N)=O)cc1. The number of primary amides is 1. The Hall–Kier alpha value is -1.48. The quantitative estimate of drug-likeness (QED) is 0.560. The van der Waals surface area contributed by atoms with Crippen molar-refractivity contribution in [2.45, 2.75) is 17.9 Å². The van der Waals surface area contributed by atoms with E-state index in [1.807, 2.05) is 0 Å². The van der Waals surface area contributed by atoms with Crippen molar-refractivity contribution in [3.63, 3.8) is 0 Å². The first kappa shape index (κ1) is 16.6. The maximum absolute atomic E-state index is 11.9. The third-order valence-corrected chi connectivity index (χ3v) is 3.93. The molecule has 1 unspecified atom stereocenters. The highest BCUT2D eigenvalue weighted by Gasteiger charge is 2.13. The van der Waals surface area contributed by atoms with Gasteiger partial charge in [-0.15, -0.1) is 0 Å². The van der Waals surface area contributed by atoms with Crippen LogP contribution in [-0.4, -0.2) is 39.2 Å². The number of nitrogens with two attached hydrogens (primary N) is 1. The number of aliphatic hydroxyl groups is 1. The molecule has 7 nitrogen and oxygen atoms in total. The predicted octanol–water partition coefficient (Wildman–Crippen LogP) is -0.480. The van der Waals surface area contributed by atoms with Gasteiger partial charge >= 0.3 is 0 Å². The van der Waals surface area contributed by atoms with Crippen LogP contribution in [0.2, 0.25) is 0 Å². The van der Waals surface area contributed by atoms with Gasteiger partial charge in [0.1, 0.15) is 6.61 Å². The fourth-order valence-corrected chi connectivity index (χ4v) is 2.44. The summed E-state index contributed by atoms with van der Waals surface area (Å²) in [7, 11) is -3.63. The zero-order chi connectivity index (χ0) is 15.2. The van der Waals surface area contributed by atoms with Crippen molar-refractivity contribution in [2.24, 2.45) is 5.73 Å². The van der Waals surface area contributed by atoms with Crippen molar-refractivity contribution >= 4 is 15.9 Å². The Morgan fingerprint density at radius 2 is 2.00 bits per heavy atom. The van der Waals surface area contributed by atoms with Crippen LogP contribution in [0.25, 0.3) is 0 Å². The molecule has 0 aliphatic heterocycles. The molecule has 20 heavy (non-hydrogen) atoms. The highest BCUT2D eigenvalue weighted by atomic mass is 32.2. The number of carbonyl (C=O) groups is 1. The van der Waals surface area contributed by atoms with E-state index in [0.717, 1.165) is 0 Å². The Bertz CT molecular complexity index is 539. The summed E-state index contributed by atoms with van der Waals surface area (Å²) in [6.45, 7) is 1.43. The van der Waals surface area contributed by atoms with Gasteiger partial charge in [-0.05, 0) is 24.6 Å². The molecule has 112 valence electrons. The average molecular weight is 302 g/mol. The third kappa shape index (κ3) is 5.25. The van der Waals surface area contributed by atoms with Gasteiger partial charge in [-0.2, -0.15) is 0 Å². The van der Waals surface area contributed by atoms with E-state index in [9.17, 15) is 18.3 Å². The van der Waals surface area contributed by atoms with E-state index >= 15 is 0 Å². The standard InChI is InChI=1S/C12H18N2O5S/c1-9(15)10-2-4-11(5-3-10)20(17,18)14-6-7-19-8-12(13)16/h2-5,9,14-15H,6-8H2,1H3,(H2,13,16). The number of nitrogens with one attached hydrogen (secondary N) is 1. The largest absolute Gasteiger partial charge is 0.389 e. The number of hydrogen-bond acceptors (Lipinski definition) is 5. The monoisotopic (exact) mass is 302 g/mol. The topological polar surface area (TPSA) is 119 Å². The van der Waals surface area contributed by atoms with E-state index < -0.39 is 22.0 Å². The van der Waals surface area contributed by atoms with Crippen LogP contribution in [-0.2, 0) is 19.6 Å². The fourth-order valence-electron chi connectivity index (χ4n) is 1.43. The van der Waals surface area contributed by atoms with Crippen molar-refractivity contribution < 1.29 is 23.1 Å². The minimum atomic E-state index is -3.63. The van der Waals surface area contributed by atoms with Crippen LogP contribution in [0, 0.1) is 0 Å². The normalized spacial score (nSPS) is 13.1. The molecule has 0 fully saturated rings. The molecule has 1 amide bonds. The van der Waals surface area contributed by atoms with Gasteiger partial charge in [0.25, 0.3) is 0 Å². The van der Waals surface area contributed by atoms with Gasteiger partial charge < -0.3 is 15.6 Å². The molecular weight excluding hydrogens is 284 g/mol. The summed E-state index contributed by atoms with van der Waals surface area (Å²) in [5, 5.41) is 9.34. The Balaban J connectivity index is 2.53. The molecule has 8 heteroatoms. The number of aliphatic hydroxyl groups excluding tert-OH is 1. The van der Waals surface area contributed by atoms with Gasteiger partial charge in [-0.25, -0.2) is 13.1 Å². The molecule has 1 rings (SSSR count). The first-order valence-electron chi connectivity index (χ1n) is 5.96. The number of rotatable bonds is 8. The molecule has 0 heterocycles. The summed E-state index contributed by atoms with van der Waals surface area (Å²) in [5.41, 5.74) is 5.50. The summed E-state index contributed by atoms with van der Waals surface area (Å²) in [6.07, 6.45) is -0.651. The first-order chi connectivity index (χ1) is 9.33. The van der Waals surface area contributed by atoms with Crippen molar-refractivity contribution in [2.75, 3.05) is 19.8 Å². The van der Waals surface area contributed by atoms with Crippen LogP contribution in [0.3, 0.4) is 0 Å². The molecular formula is C12H18N2O5S. The van der Waals surface area contributed by atoms with Crippen molar-refractivity contribution in [1.29, 1.82) is 0 Å². The molecule has 0 bridgehead atoms. The van der Waals surface area contributed by atoms with Crippen LogP contribution >= 0.6 is 0 Å². The molecule has 0 aliphatic carbocycles.